The second-order valence-corrected chi connectivity index (χ2v) is 7.06. The number of aliphatic imine (C=N–C) groups is 1. The standard InChI is InChI=1S/C22H23FN4.HI/c1-24-21(26-14-17-6-2-5-16-7-4-12-25-20(16)17)27-15-22(10-11-22)18-8-3-9-19(23)13-18;/h2-9,12-13H,10-11,14-15H2,1H3,(H2,24,26,27);1H. The lowest BCUT2D eigenvalue weighted by molar-refractivity contribution is 0.607. The first-order valence-corrected chi connectivity index (χ1v) is 9.23. The Morgan fingerprint density at radius 1 is 1.11 bits per heavy atom. The van der Waals surface area contributed by atoms with Crippen LogP contribution in [0.2, 0.25) is 0 Å². The molecule has 1 heterocycles. The van der Waals surface area contributed by atoms with Crippen LogP contribution in [0.5, 0.6) is 0 Å². The summed E-state index contributed by atoms with van der Waals surface area (Å²) in [7, 11) is 1.76. The van der Waals surface area contributed by atoms with E-state index >= 15 is 0 Å². The molecule has 4 rings (SSSR count). The number of nitrogens with one attached hydrogen (secondary N) is 2. The Balaban J connectivity index is 0.00000225. The third-order valence-electron chi connectivity index (χ3n) is 5.27. The summed E-state index contributed by atoms with van der Waals surface area (Å²) in [5, 5.41) is 7.90. The Hall–Kier alpha value is -2.22. The van der Waals surface area contributed by atoms with E-state index < -0.39 is 0 Å². The van der Waals surface area contributed by atoms with E-state index in [-0.39, 0.29) is 35.2 Å². The van der Waals surface area contributed by atoms with Crippen LogP contribution in [0.25, 0.3) is 10.9 Å². The predicted molar refractivity (Wildman–Crippen MR) is 123 cm³/mol. The lowest BCUT2D eigenvalue weighted by Gasteiger charge is -2.19. The molecule has 28 heavy (non-hydrogen) atoms. The smallest absolute Gasteiger partial charge is 0.191 e. The second-order valence-electron chi connectivity index (χ2n) is 7.06. The first-order chi connectivity index (χ1) is 13.2. The number of guanidine groups is 1. The Bertz CT molecular complexity index is 980. The van der Waals surface area contributed by atoms with Crippen molar-refractivity contribution in [1.82, 2.24) is 15.6 Å². The lowest BCUT2D eigenvalue weighted by atomic mass is 9.96. The maximum absolute atomic E-state index is 13.6. The summed E-state index contributed by atoms with van der Waals surface area (Å²) in [5.41, 5.74) is 3.20. The van der Waals surface area contributed by atoms with Crippen LogP contribution in [0.1, 0.15) is 24.0 Å². The van der Waals surface area contributed by atoms with E-state index in [0.717, 1.165) is 47.4 Å². The quantitative estimate of drug-likeness (QED) is 0.317. The molecule has 1 saturated carbocycles. The topological polar surface area (TPSA) is 49.3 Å². The molecular formula is C22H24FIN4. The van der Waals surface area contributed by atoms with Gasteiger partial charge in [0.05, 0.1) is 5.52 Å². The SMILES string of the molecule is CN=C(NCc1cccc2cccnc12)NCC1(c2cccc(F)c2)CC1.I. The summed E-state index contributed by atoms with van der Waals surface area (Å²) in [6, 6.07) is 17.1. The van der Waals surface area contributed by atoms with E-state index in [4.69, 9.17) is 0 Å². The minimum atomic E-state index is -0.176. The van der Waals surface area contributed by atoms with Gasteiger partial charge in [0.1, 0.15) is 5.82 Å². The zero-order valence-corrected chi connectivity index (χ0v) is 18.1. The highest BCUT2D eigenvalue weighted by Gasteiger charge is 2.44. The van der Waals surface area contributed by atoms with E-state index in [0.29, 0.717) is 6.54 Å². The number of hydrogen-bond acceptors (Lipinski definition) is 2. The number of aromatic nitrogens is 1. The summed E-state index contributed by atoms with van der Waals surface area (Å²) in [6.07, 6.45) is 3.94. The van der Waals surface area contributed by atoms with E-state index in [1.165, 1.54) is 6.07 Å². The van der Waals surface area contributed by atoms with Gasteiger partial charge in [-0.05, 0) is 42.2 Å². The highest BCUT2D eigenvalue weighted by Crippen LogP contribution is 2.47. The molecule has 2 N–H and O–H groups in total. The minimum absolute atomic E-state index is 0. The molecule has 1 aromatic heterocycles. The molecule has 0 spiro atoms. The maximum atomic E-state index is 13.6. The van der Waals surface area contributed by atoms with Crippen molar-refractivity contribution in [2.24, 2.45) is 4.99 Å². The third-order valence-corrected chi connectivity index (χ3v) is 5.27. The van der Waals surface area contributed by atoms with Gasteiger partial charge in [0.15, 0.2) is 5.96 Å². The van der Waals surface area contributed by atoms with E-state index in [9.17, 15) is 4.39 Å². The van der Waals surface area contributed by atoms with E-state index in [2.05, 4.69) is 38.8 Å². The summed E-state index contributed by atoms with van der Waals surface area (Å²) in [6.45, 7) is 1.38. The van der Waals surface area contributed by atoms with Crippen molar-refractivity contribution in [3.05, 3.63) is 77.7 Å². The first kappa shape index (κ1) is 20.5. The molecule has 3 aromatic rings. The molecule has 0 aliphatic heterocycles. The summed E-state index contributed by atoms with van der Waals surface area (Å²) in [4.78, 5) is 8.82. The molecule has 0 bridgehead atoms. The van der Waals surface area contributed by atoms with Gasteiger partial charge < -0.3 is 10.6 Å². The minimum Gasteiger partial charge on any atom is -0.356 e. The van der Waals surface area contributed by atoms with E-state index in [1.807, 2.05) is 24.4 Å². The molecule has 146 valence electrons. The van der Waals surface area contributed by atoms with Crippen LogP contribution in [0.15, 0.2) is 65.8 Å². The van der Waals surface area contributed by atoms with Gasteiger partial charge in [-0.2, -0.15) is 0 Å². The number of rotatable bonds is 5. The van der Waals surface area contributed by atoms with Crippen molar-refractivity contribution < 1.29 is 4.39 Å². The number of benzene rings is 2. The zero-order chi connectivity index (χ0) is 18.7. The van der Waals surface area contributed by atoms with Crippen molar-refractivity contribution in [2.75, 3.05) is 13.6 Å². The molecule has 0 unspecified atom stereocenters. The monoisotopic (exact) mass is 490 g/mol. The highest BCUT2D eigenvalue weighted by molar-refractivity contribution is 14.0. The molecule has 1 aliphatic rings. The van der Waals surface area contributed by atoms with Gasteiger partial charge in [-0.25, -0.2) is 4.39 Å². The zero-order valence-electron chi connectivity index (χ0n) is 15.8. The van der Waals surface area contributed by atoms with Crippen LogP contribution < -0.4 is 10.6 Å². The first-order valence-electron chi connectivity index (χ1n) is 9.23. The van der Waals surface area contributed by atoms with Crippen LogP contribution in [0.3, 0.4) is 0 Å². The Kier molecular flexibility index (Phi) is 6.49. The molecule has 2 aromatic carbocycles. The second kappa shape index (κ2) is 8.86. The number of fused-ring (bicyclic) bond motifs is 1. The normalized spacial score (nSPS) is 15.0. The number of hydrogen-bond donors (Lipinski definition) is 2. The number of para-hydroxylation sites is 1. The molecule has 1 aliphatic carbocycles. The van der Waals surface area contributed by atoms with Gasteiger partial charge in [0.2, 0.25) is 0 Å². The number of pyridine rings is 1. The Labute approximate surface area is 181 Å². The largest absolute Gasteiger partial charge is 0.356 e. The third kappa shape index (κ3) is 4.43. The van der Waals surface area contributed by atoms with Crippen LogP contribution in [-0.2, 0) is 12.0 Å². The van der Waals surface area contributed by atoms with Crippen LogP contribution in [-0.4, -0.2) is 24.5 Å². The van der Waals surface area contributed by atoms with Gasteiger partial charge in [-0.1, -0.05) is 36.4 Å². The molecule has 4 nitrogen and oxygen atoms in total. The van der Waals surface area contributed by atoms with Gasteiger partial charge >= 0.3 is 0 Å². The van der Waals surface area contributed by atoms with Gasteiger partial charge in [0, 0.05) is 37.1 Å². The fourth-order valence-electron chi connectivity index (χ4n) is 3.50. The Morgan fingerprint density at radius 3 is 2.64 bits per heavy atom. The lowest BCUT2D eigenvalue weighted by Crippen LogP contribution is -2.41. The summed E-state index contributed by atoms with van der Waals surface area (Å²) >= 11 is 0. The molecule has 0 atom stereocenters. The van der Waals surface area contributed by atoms with Gasteiger partial charge in [-0.15, -0.1) is 24.0 Å². The molecule has 1 fully saturated rings. The Morgan fingerprint density at radius 2 is 1.89 bits per heavy atom. The number of halogens is 2. The predicted octanol–water partition coefficient (Wildman–Crippen LogP) is 4.39. The molecule has 0 radical (unpaired) electrons. The summed E-state index contributed by atoms with van der Waals surface area (Å²) < 4.78 is 13.6. The molecule has 0 saturated heterocycles. The number of nitrogens with zero attached hydrogens (tertiary/aromatic N) is 2. The van der Waals surface area contributed by atoms with Crippen molar-refractivity contribution in [2.45, 2.75) is 24.8 Å². The summed E-state index contributed by atoms with van der Waals surface area (Å²) in [5.74, 6) is 0.565. The fraction of sp³-hybridized carbons (Fsp3) is 0.273. The molecule has 0 amide bonds. The average Bonchev–Trinajstić information content (AvgIpc) is 3.49. The highest BCUT2D eigenvalue weighted by atomic mass is 127. The van der Waals surface area contributed by atoms with E-state index in [1.54, 1.807) is 19.2 Å². The van der Waals surface area contributed by atoms with Crippen molar-refractivity contribution in [3.63, 3.8) is 0 Å². The molecular weight excluding hydrogens is 466 g/mol. The van der Waals surface area contributed by atoms with Crippen LogP contribution >= 0.6 is 24.0 Å². The molecule has 6 heteroatoms. The van der Waals surface area contributed by atoms with Crippen LogP contribution in [0.4, 0.5) is 4.39 Å². The average molecular weight is 490 g/mol. The van der Waals surface area contributed by atoms with Crippen molar-refractivity contribution in [3.8, 4) is 0 Å². The van der Waals surface area contributed by atoms with Crippen LogP contribution in [0, 0.1) is 5.82 Å². The van der Waals surface area contributed by atoms with Gasteiger partial charge in [-0.3, -0.25) is 9.98 Å². The van der Waals surface area contributed by atoms with Crippen molar-refractivity contribution >= 4 is 40.8 Å². The van der Waals surface area contributed by atoms with Crippen molar-refractivity contribution in [1.29, 1.82) is 0 Å². The fourth-order valence-corrected chi connectivity index (χ4v) is 3.50. The van der Waals surface area contributed by atoms with Gasteiger partial charge in [0.25, 0.3) is 0 Å². The maximum Gasteiger partial charge on any atom is 0.191 e.